The standard InChI is InChI=1S/C24H22N4O6S/c29-23(17-7-2-1-3-8-17)18-11-12-21(22(16-18)28(31)32)25-26-24(30)19-9-6-10-20(15-19)35(33,34)27-13-4-5-14-27/h1-3,6-12,15-16,25H,4-5,13-14H2,(H,26,30). The lowest BCUT2D eigenvalue weighted by molar-refractivity contribution is -0.384. The van der Waals surface area contributed by atoms with Gasteiger partial charge in [-0.15, -0.1) is 0 Å². The average Bonchev–Trinajstić information content (AvgIpc) is 3.43. The number of hydrazine groups is 1. The summed E-state index contributed by atoms with van der Waals surface area (Å²) in [7, 11) is -3.70. The highest BCUT2D eigenvalue weighted by atomic mass is 32.2. The van der Waals surface area contributed by atoms with E-state index in [9.17, 15) is 28.1 Å². The molecule has 0 spiro atoms. The second-order valence-electron chi connectivity index (χ2n) is 7.90. The van der Waals surface area contributed by atoms with Crippen molar-refractivity contribution in [2.24, 2.45) is 0 Å². The summed E-state index contributed by atoms with van der Waals surface area (Å²) >= 11 is 0. The number of benzene rings is 3. The third-order valence-corrected chi connectivity index (χ3v) is 7.50. The molecule has 1 aliphatic rings. The van der Waals surface area contributed by atoms with Crippen molar-refractivity contribution in [2.75, 3.05) is 18.5 Å². The van der Waals surface area contributed by atoms with Crippen LogP contribution in [0.25, 0.3) is 0 Å². The molecule has 1 aliphatic heterocycles. The molecular weight excluding hydrogens is 472 g/mol. The Kier molecular flexibility index (Phi) is 6.90. The zero-order valence-corrected chi connectivity index (χ0v) is 19.3. The molecular formula is C24H22N4O6S. The molecule has 1 heterocycles. The average molecular weight is 495 g/mol. The van der Waals surface area contributed by atoms with Crippen LogP contribution in [0.1, 0.15) is 39.1 Å². The molecule has 0 atom stereocenters. The number of rotatable bonds is 8. The van der Waals surface area contributed by atoms with Crippen molar-refractivity contribution in [1.82, 2.24) is 9.73 Å². The molecule has 0 unspecified atom stereocenters. The zero-order chi connectivity index (χ0) is 25.0. The number of nitro groups is 1. The zero-order valence-electron chi connectivity index (χ0n) is 18.5. The molecule has 1 fully saturated rings. The van der Waals surface area contributed by atoms with Crippen LogP contribution in [0.4, 0.5) is 11.4 Å². The Morgan fingerprint density at radius 1 is 0.857 bits per heavy atom. The number of carbonyl (C=O) groups excluding carboxylic acids is 2. The number of nitrogens with one attached hydrogen (secondary N) is 2. The molecule has 3 aromatic carbocycles. The van der Waals surface area contributed by atoms with Crippen LogP contribution in [-0.4, -0.2) is 42.4 Å². The maximum atomic E-state index is 12.8. The predicted molar refractivity (Wildman–Crippen MR) is 128 cm³/mol. The van der Waals surface area contributed by atoms with Gasteiger partial charge in [-0.2, -0.15) is 4.31 Å². The Hall–Kier alpha value is -4.09. The minimum atomic E-state index is -3.70. The van der Waals surface area contributed by atoms with E-state index in [0.29, 0.717) is 18.7 Å². The maximum absolute atomic E-state index is 12.8. The third-order valence-electron chi connectivity index (χ3n) is 5.60. The summed E-state index contributed by atoms with van der Waals surface area (Å²) in [5.41, 5.74) is 4.99. The third kappa shape index (κ3) is 5.20. The van der Waals surface area contributed by atoms with E-state index in [0.717, 1.165) is 18.9 Å². The predicted octanol–water partition coefficient (Wildman–Crippen LogP) is 3.37. The van der Waals surface area contributed by atoms with Crippen LogP contribution in [0.15, 0.2) is 77.7 Å². The first kappa shape index (κ1) is 24.0. The number of hydrogen-bond acceptors (Lipinski definition) is 7. The van der Waals surface area contributed by atoms with Crippen LogP contribution >= 0.6 is 0 Å². The van der Waals surface area contributed by atoms with Crippen LogP contribution in [0.5, 0.6) is 0 Å². The van der Waals surface area contributed by atoms with Gasteiger partial charge in [0.1, 0.15) is 5.69 Å². The van der Waals surface area contributed by atoms with E-state index in [2.05, 4.69) is 10.9 Å². The summed E-state index contributed by atoms with van der Waals surface area (Å²) in [4.78, 5) is 36.2. The first-order valence-electron chi connectivity index (χ1n) is 10.8. The Morgan fingerprint density at radius 3 is 2.23 bits per heavy atom. The van der Waals surface area contributed by atoms with E-state index in [1.807, 2.05) is 0 Å². The van der Waals surface area contributed by atoms with Gasteiger partial charge in [0.2, 0.25) is 10.0 Å². The van der Waals surface area contributed by atoms with Crippen LogP contribution < -0.4 is 10.9 Å². The molecule has 11 heteroatoms. The van der Waals surface area contributed by atoms with Crippen molar-refractivity contribution < 1.29 is 22.9 Å². The monoisotopic (exact) mass is 494 g/mol. The van der Waals surface area contributed by atoms with Crippen LogP contribution in [-0.2, 0) is 10.0 Å². The van der Waals surface area contributed by atoms with Gasteiger partial charge in [-0.25, -0.2) is 8.42 Å². The molecule has 3 aromatic rings. The SMILES string of the molecule is O=C(NNc1ccc(C(=O)c2ccccc2)cc1[N+](=O)[O-])c1cccc(S(=O)(=O)N2CCCC2)c1. The van der Waals surface area contributed by atoms with E-state index >= 15 is 0 Å². The molecule has 0 saturated carbocycles. The molecule has 0 aromatic heterocycles. The van der Waals surface area contributed by atoms with Gasteiger partial charge < -0.3 is 0 Å². The summed E-state index contributed by atoms with van der Waals surface area (Å²) in [5, 5.41) is 11.6. The van der Waals surface area contributed by atoms with Gasteiger partial charge in [0.25, 0.3) is 11.6 Å². The molecule has 0 radical (unpaired) electrons. The minimum Gasteiger partial charge on any atom is -0.292 e. The summed E-state index contributed by atoms with van der Waals surface area (Å²) in [6.45, 7) is 0.875. The van der Waals surface area contributed by atoms with Gasteiger partial charge in [0.15, 0.2) is 5.78 Å². The molecule has 180 valence electrons. The topological polar surface area (TPSA) is 139 Å². The highest BCUT2D eigenvalue weighted by Crippen LogP contribution is 2.26. The molecule has 35 heavy (non-hydrogen) atoms. The quantitative estimate of drug-likeness (QED) is 0.278. The van der Waals surface area contributed by atoms with Gasteiger partial charge in [0.05, 0.1) is 9.82 Å². The Bertz CT molecular complexity index is 1390. The minimum absolute atomic E-state index is 0.00167. The fourth-order valence-electron chi connectivity index (χ4n) is 3.76. The Labute approximate surface area is 201 Å². The number of ketones is 1. The summed E-state index contributed by atoms with van der Waals surface area (Å²) in [6.07, 6.45) is 1.58. The summed E-state index contributed by atoms with van der Waals surface area (Å²) in [6, 6.07) is 17.8. The van der Waals surface area contributed by atoms with Crippen molar-refractivity contribution in [3.63, 3.8) is 0 Å². The summed E-state index contributed by atoms with van der Waals surface area (Å²) < 4.78 is 26.9. The largest absolute Gasteiger partial charge is 0.294 e. The molecule has 10 nitrogen and oxygen atoms in total. The van der Waals surface area contributed by atoms with Crippen LogP contribution in [0.2, 0.25) is 0 Å². The van der Waals surface area contributed by atoms with E-state index in [1.165, 1.54) is 40.7 Å². The fraction of sp³-hybridized carbons (Fsp3) is 0.167. The maximum Gasteiger partial charge on any atom is 0.294 e. The summed E-state index contributed by atoms with van der Waals surface area (Å²) in [5.74, 6) is -1.05. The second kappa shape index (κ2) is 10.0. The highest BCUT2D eigenvalue weighted by molar-refractivity contribution is 7.89. The lowest BCUT2D eigenvalue weighted by Crippen LogP contribution is -2.31. The lowest BCUT2D eigenvalue weighted by Gasteiger charge is -2.16. The number of amides is 1. The van der Waals surface area contributed by atoms with Gasteiger partial charge in [-0.3, -0.25) is 30.6 Å². The fourth-order valence-corrected chi connectivity index (χ4v) is 5.32. The van der Waals surface area contributed by atoms with Gasteiger partial charge in [0, 0.05) is 35.8 Å². The molecule has 4 rings (SSSR count). The molecule has 0 aliphatic carbocycles. The van der Waals surface area contributed by atoms with E-state index in [-0.39, 0.29) is 27.5 Å². The molecule has 1 saturated heterocycles. The number of anilines is 1. The Morgan fingerprint density at radius 2 is 1.54 bits per heavy atom. The molecule has 0 bridgehead atoms. The van der Waals surface area contributed by atoms with Crippen molar-refractivity contribution in [3.05, 3.63) is 99.6 Å². The number of nitrogens with zero attached hydrogens (tertiary/aromatic N) is 2. The normalized spacial score (nSPS) is 13.8. The van der Waals surface area contributed by atoms with E-state index in [4.69, 9.17) is 0 Å². The van der Waals surface area contributed by atoms with E-state index < -0.39 is 26.5 Å². The van der Waals surface area contributed by atoms with Crippen molar-refractivity contribution in [2.45, 2.75) is 17.7 Å². The van der Waals surface area contributed by atoms with Crippen molar-refractivity contribution >= 4 is 33.1 Å². The number of sulfonamides is 1. The molecule has 1 amide bonds. The Balaban J connectivity index is 1.51. The highest BCUT2D eigenvalue weighted by Gasteiger charge is 2.27. The van der Waals surface area contributed by atoms with Gasteiger partial charge in [-0.1, -0.05) is 36.4 Å². The number of hydrogen-bond donors (Lipinski definition) is 2. The smallest absolute Gasteiger partial charge is 0.292 e. The van der Waals surface area contributed by atoms with Crippen molar-refractivity contribution in [1.29, 1.82) is 0 Å². The van der Waals surface area contributed by atoms with Crippen LogP contribution in [0.3, 0.4) is 0 Å². The molecule has 2 N–H and O–H groups in total. The number of carbonyl (C=O) groups is 2. The van der Waals surface area contributed by atoms with Crippen molar-refractivity contribution in [3.8, 4) is 0 Å². The first-order valence-corrected chi connectivity index (χ1v) is 12.3. The lowest BCUT2D eigenvalue weighted by atomic mass is 10.0. The number of nitro benzene ring substituents is 1. The van der Waals surface area contributed by atoms with Crippen LogP contribution in [0, 0.1) is 10.1 Å². The van der Waals surface area contributed by atoms with E-state index in [1.54, 1.807) is 30.3 Å². The second-order valence-corrected chi connectivity index (χ2v) is 9.84. The first-order chi connectivity index (χ1) is 16.8. The van der Waals surface area contributed by atoms with Gasteiger partial charge in [-0.05, 0) is 43.2 Å². The van der Waals surface area contributed by atoms with Gasteiger partial charge >= 0.3 is 0 Å².